The number of rotatable bonds is 4. The summed E-state index contributed by atoms with van der Waals surface area (Å²) < 4.78 is 0. The zero-order valence-corrected chi connectivity index (χ0v) is 10.5. The van der Waals surface area contributed by atoms with Crippen LogP contribution in [0.25, 0.3) is 0 Å². The molecule has 0 saturated heterocycles. The Balaban J connectivity index is 1.82. The van der Waals surface area contributed by atoms with E-state index in [1.165, 1.54) is 0 Å². The number of benzene rings is 1. The van der Waals surface area contributed by atoms with E-state index < -0.39 is 0 Å². The van der Waals surface area contributed by atoms with Gasteiger partial charge in [0.25, 0.3) is 0 Å². The second-order valence-corrected chi connectivity index (χ2v) is 5.11. The molecule has 0 amide bonds. The number of halogens is 1. The zero-order valence-electron chi connectivity index (χ0n) is 9.69. The third-order valence-electron chi connectivity index (χ3n) is 3.34. The van der Waals surface area contributed by atoms with Gasteiger partial charge in [-0.1, -0.05) is 17.7 Å². The topological polar surface area (TPSA) is 52.5 Å². The molecular formula is C13H18ClNO2. The number of aliphatic hydroxyl groups excluding tert-OH is 1. The first-order valence-electron chi connectivity index (χ1n) is 6.02. The molecule has 1 aliphatic rings. The number of aromatic hydroxyl groups is 1. The summed E-state index contributed by atoms with van der Waals surface area (Å²) in [7, 11) is 0. The highest BCUT2D eigenvalue weighted by molar-refractivity contribution is 6.31. The van der Waals surface area contributed by atoms with Gasteiger partial charge in [-0.25, -0.2) is 0 Å². The second kappa shape index (κ2) is 5.71. The van der Waals surface area contributed by atoms with Gasteiger partial charge < -0.3 is 15.5 Å². The van der Waals surface area contributed by atoms with Crippen LogP contribution in [0.1, 0.15) is 24.8 Å². The summed E-state index contributed by atoms with van der Waals surface area (Å²) in [5.41, 5.74) is 0.743. The van der Waals surface area contributed by atoms with Gasteiger partial charge in [-0.05, 0) is 43.9 Å². The lowest BCUT2D eigenvalue weighted by Gasteiger charge is -2.12. The van der Waals surface area contributed by atoms with Crippen LogP contribution in [0.5, 0.6) is 5.75 Å². The van der Waals surface area contributed by atoms with Gasteiger partial charge in [-0.15, -0.1) is 0 Å². The number of nitrogens with one attached hydrogen (secondary N) is 1. The van der Waals surface area contributed by atoms with E-state index in [2.05, 4.69) is 5.32 Å². The number of phenols is 1. The third kappa shape index (κ3) is 3.35. The molecule has 0 radical (unpaired) electrons. The molecule has 3 N–H and O–H groups in total. The summed E-state index contributed by atoms with van der Waals surface area (Å²) in [5, 5.41) is 23.0. The molecule has 0 spiro atoms. The van der Waals surface area contributed by atoms with Crippen molar-refractivity contribution in [3.63, 3.8) is 0 Å². The van der Waals surface area contributed by atoms with Gasteiger partial charge in [0.15, 0.2) is 0 Å². The summed E-state index contributed by atoms with van der Waals surface area (Å²) in [5.74, 6) is 0.770. The first-order valence-corrected chi connectivity index (χ1v) is 6.39. The third-order valence-corrected chi connectivity index (χ3v) is 3.70. The van der Waals surface area contributed by atoms with Gasteiger partial charge in [0.05, 0.1) is 6.10 Å². The maximum Gasteiger partial charge on any atom is 0.121 e. The van der Waals surface area contributed by atoms with E-state index in [4.69, 9.17) is 11.6 Å². The van der Waals surface area contributed by atoms with E-state index in [1.807, 2.05) is 0 Å². The highest BCUT2D eigenvalue weighted by atomic mass is 35.5. The van der Waals surface area contributed by atoms with Crippen molar-refractivity contribution >= 4 is 11.6 Å². The molecule has 1 fully saturated rings. The van der Waals surface area contributed by atoms with Crippen LogP contribution in [-0.4, -0.2) is 22.9 Å². The van der Waals surface area contributed by atoms with Crippen LogP contribution in [0.15, 0.2) is 18.2 Å². The lowest BCUT2D eigenvalue weighted by Crippen LogP contribution is -2.21. The molecule has 4 heteroatoms. The van der Waals surface area contributed by atoms with Crippen molar-refractivity contribution in [2.75, 3.05) is 6.54 Å². The van der Waals surface area contributed by atoms with Crippen LogP contribution >= 0.6 is 11.6 Å². The Morgan fingerprint density at radius 1 is 1.35 bits per heavy atom. The zero-order chi connectivity index (χ0) is 12.3. The van der Waals surface area contributed by atoms with E-state index in [1.54, 1.807) is 18.2 Å². The summed E-state index contributed by atoms with van der Waals surface area (Å²) in [4.78, 5) is 0. The van der Waals surface area contributed by atoms with Gasteiger partial charge >= 0.3 is 0 Å². The summed E-state index contributed by atoms with van der Waals surface area (Å²) in [6.07, 6.45) is 2.73. The Labute approximate surface area is 106 Å². The molecule has 0 aliphatic heterocycles. The van der Waals surface area contributed by atoms with Crippen molar-refractivity contribution in [1.82, 2.24) is 5.32 Å². The Morgan fingerprint density at radius 3 is 2.82 bits per heavy atom. The quantitative estimate of drug-likeness (QED) is 0.774. The molecule has 1 aromatic carbocycles. The highest BCUT2D eigenvalue weighted by Crippen LogP contribution is 2.26. The molecule has 1 aromatic rings. The monoisotopic (exact) mass is 255 g/mol. The Hall–Kier alpha value is -0.770. The molecule has 0 heterocycles. The Bertz CT molecular complexity index is 363. The highest BCUT2D eigenvalue weighted by Gasteiger charge is 2.22. The van der Waals surface area contributed by atoms with Crippen LogP contribution < -0.4 is 5.32 Å². The van der Waals surface area contributed by atoms with Crippen molar-refractivity contribution in [3.05, 3.63) is 28.8 Å². The summed E-state index contributed by atoms with van der Waals surface area (Å²) in [6.45, 7) is 1.43. The predicted molar refractivity (Wildman–Crippen MR) is 68.2 cm³/mol. The number of aliphatic hydroxyl groups is 1. The molecule has 2 rings (SSSR count). The minimum Gasteiger partial charge on any atom is -0.508 e. The molecule has 0 aromatic heterocycles. The van der Waals surface area contributed by atoms with Crippen molar-refractivity contribution in [1.29, 1.82) is 0 Å². The van der Waals surface area contributed by atoms with Gasteiger partial charge in [0.1, 0.15) is 5.75 Å². The van der Waals surface area contributed by atoms with Crippen LogP contribution in [0.4, 0.5) is 0 Å². The normalized spacial score (nSPS) is 24.1. The fourth-order valence-electron chi connectivity index (χ4n) is 2.36. The molecule has 94 valence electrons. The molecule has 2 unspecified atom stereocenters. The minimum absolute atomic E-state index is 0.129. The number of phenolic OH excluding ortho intramolecular Hbond substituents is 1. The largest absolute Gasteiger partial charge is 0.508 e. The molecule has 2 atom stereocenters. The lowest BCUT2D eigenvalue weighted by atomic mass is 10.1. The standard InChI is InChI=1S/C13H18ClNO2/c14-12-2-1-3-13(17)11(12)8-15-7-9-4-5-10(16)6-9/h1-3,9-10,15-17H,4-8H2. The van der Waals surface area contributed by atoms with Crippen LogP contribution in [0.3, 0.4) is 0 Å². The fourth-order valence-corrected chi connectivity index (χ4v) is 2.59. The lowest BCUT2D eigenvalue weighted by molar-refractivity contribution is 0.177. The van der Waals surface area contributed by atoms with Gasteiger partial charge in [-0.2, -0.15) is 0 Å². The van der Waals surface area contributed by atoms with Crippen molar-refractivity contribution < 1.29 is 10.2 Å². The van der Waals surface area contributed by atoms with Gasteiger partial charge in [0, 0.05) is 17.1 Å². The minimum atomic E-state index is -0.129. The summed E-state index contributed by atoms with van der Waals surface area (Å²) in [6, 6.07) is 5.15. The molecule has 0 bridgehead atoms. The summed E-state index contributed by atoms with van der Waals surface area (Å²) >= 11 is 6.01. The molecule has 1 aliphatic carbocycles. The smallest absolute Gasteiger partial charge is 0.121 e. The fraction of sp³-hybridized carbons (Fsp3) is 0.538. The molecule has 17 heavy (non-hydrogen) atoms. The van der Waals surface area contributed by atoms with E-state index in [0.717, 1.165) is 31.4 Å². The van der Waals surface area contributed by atoms with Gasteiger partial charge in [-0.3, -0.25) is 0 Å². The SMILES string of the molecule is Oc1cccc(Cl)c1CNCC1CCC(O)C1. The average Bonchev–Trinajstić information content (AvgIpc) is 2.69. The van der Waals surface area contributed by atoms with Crippen molar-refractivity contribution in [2.24, 2.45) is 5.92 Å². The van der Waals surface area contributed by atoms with E-state index in [-0.39, 0.29) is 11.9 Å². The van der Waals surface area contributed by atoms with Crippen LogP contribution in [-0.2, 0) is 6.54 Å². The first kappa shape index (κ1) is 12.7. The first-order chi connectivity index (χ1) is 8.16. The number of hydrogen-bond acceptors (Lipinski definition) is 3. The van der Waals surface area contributed by atoms with Gasteiger partial charge in [0.2, 0.25) is 0 Å². The molecule has 3 nitrogen and oxygen atoms in total. The van der Waals surface area contributed by atoms with Crippen LogP contribution in [0.2, 0.25) is 5.02 Å². The Morgan fingerprint density at radius 2 is 2.18 bits per heavy atom. The Kier molecular flexibility index (Phi) is 4.26. The maximum absolute atomic E-state index is 9.66. The van der Waals surface area contributed by atoms with Crippen molar-refractivity contribution in [2.45, 2.75) is 31.9 Å². The maximum atomic E-state index is 9.66. The van der Waals surface area contributed by atoms with E-state index in [0.29, 0.717) is 17.5 Å². The van der Waals surface area contributed by atoms with E-state index >= 15 is 0 Å². The average molecular weight is 256 g/mol. The van der Waals surface area contributed by atoms with Crippen LogP contribution in [0, 0.1) is 5.92 Å². The molecule has 1 saturated carbocycles. The van der Waals surface area contributed by atoms with E-state index in [9.17, 15) is 10.2 Å². The predicted octanol–water partition coefficient (Wildman–Crippen LogP) is 2.30. The second-order valence-electron chi connectivity index (χ2n) is 4.70. The number of hydrogen-bond donors (Lipinski definition) is 3. The van der Waals surface area contributed by atoms with Crippen molar-refractivity contribution in [3.8, 4) is 5.75 Å². The molecular weight excluding hydrogens is 238 g/mol.